The van der Waals surface area contributed by atoms with Crippen LogP contribution in [-0.2, 0) is 4.79 Å². The summed E-state index contributed by atoms with van der Waals surface area (Å²) in [4.78, 5) is 38.3. The van der Waals surface area contributed by atoms with Crippen LogP contribution in [0.15, 0.2) is 16.5 Å². The minimum Gasteiger partial charge on any atom is -0.395 e. The molecule has 0 spiro atoms. The molecule has 2 amide bonds. The third-order valence-electron chi connectivity index (χ3n) is 4.95. The van der Waals surface area contributed by atoms with E-state index in [1.807, 2.05) is 4.90 Å². The fourth-order valence-electron chi connectivity index (χ4n) is 3.56. The highest BCUT2D eigenvalue weighted by Gasteiger charge is 2.42. The zero-order valence-corrected chi connectivity index (χ0v) is 13.8. The first-order valence-electron chi connectivity index (χ1n) is 8.24. The number of nitro groups is 1. The third kappa shape index (κ3) is 2.88. The van der Waals surface area contributed by atoms with Gasteiger partial charge in [0.05, 0.1) is 12.0 Å². The van der Waals surface area contributed by atoms with Crippen LogP contribution in [0.5, 0.6) is 0 Å². The molecule has 0 aromatic carbocycles. The molecule has 2 fully saturated rings. The molecule has 2 aliphatic heterocycles. The van der Waals surface area contributed by atoms with Crippen molar-refractivity contribution in [2.24, 2.45) is 5.92 Å². The lowest BCUT2D eigenvalue weighted by Gasteiger charge is -2.45. The van der Waals surface area contributed by atoms with E-state index >= 15 is 0 Å². The lowest BCUT2D eigenvalue weighted by atomic mass is 9.92. The van der Waals surface area contributed by atoms with Gasteiger partial charge in [0, 0.05) is 25.2 Å². The molecule has 1 aromatic rings. The smallest absolute Gasteiger partial charge is 0.395 e. The molecule has 2 unspecified atom stereocenters. The molecule has 2 saturated heterocycles. The Balaban J connectivity index is 1.59. The number of hydrogen-bond donors (Lipinski definition) is 0. The van der Waals surface area contributed by atoms with Gasteiger partial charge in [-0.1, -0.05) is 0 Å². The summed E-state index contributed by atoms with van der Waals surface area (Å²) in [6, 6.07) is 2.93. The standard InChI is InChI=1S/C16H21N3O5/c1-10-4-3-5-11(2)18(10)15(20)12-8-17(9-12)16(21)13-6-7-14(24-13)19(22)23/h6-7,10-12H,3-5,8-9H2,1-2H3. The van der Waals surface area contributed by atoms with Crippen LogP contribution in [0.3, 0.4) is 0 Å². The van der Waals surface area contributed by atoms with Gasteiger partial charge in [-0.3, -0.25) is 19.7 Å². The Morgan fingerprint density at radius 2 is 1.83 bits per heavy atom. The van der Waals surface area contributed by atoms with Crippen molar-refractivity contribution in [1.82, 2.24) is 9.80 Å². The second-order valence-corrected chi connectivity index (χ2v) is 6.68. The van der Waals surface area contributed by atoms with Gasteiger partial charge in [-0.25, -0.2) is 0 Å². The summed E-state index contributed by atoms with van der Waals surface area (Å²) in [5.74, 6) is -1.02. The van der Waals surface area contributed by atoms with Crippen molar-refractivity contribution in [3.63, 3.8) is 0 Å². The SMILES string of the molecule is CC1CCCC(C)N1C(=O)C1CN(C(=O)c2ccc([N+](=O)[O-])o2)C1. The molecule has 8 heteroatoms. The quantitative estimate of drug-likeness (QED) is 0.622. The minimum absolute atomic E-state index is 0.0627. The fraction of sp³-hybridized carbons (Fsp3) is 0.625. The summed E-state index contributed by atoms with van der Waals surface area (Å²) in [5, 5.41) is 10.6. The molecule has 2 atom stereocenters. The van der Waals surface area contributed by atoms with Crippen LogP contribution in [0.25, 0.3) is 0 Å². The number of rotatable bonds is 3. The Bertz CT molecular complexity index is 654. The number of likely N-dealkylation sites (tertiary alicyclic amines) is 2. The summed E-state index contributed by atoms with van der Waals surface area (Å²) < 4.78 is 4.92. The van der Waals surface area contributed by atoms with E-state index in [1.54, 1.807) is 0 Å². The van der Waals surface area contributed by atoms with E-state index in [-0.39, 0.29) is 29.7 Å². The Morgan fingerprint density at radius 3 is 2.38 bits per heavy atom. The first kappa shape index (κ1) is 16.5. The highest BCUT2D eigenvalue weighted by molar-refractivity contribution is 5.94. The summed E-state index contributed by atoms with van der Waals surface area (Å²) in [6.45, 7) is 4.80. The van der Waals surface area contributed by atoms with Crippen molar-refractivity contribution >= 4 is 17.7 Å². The van der Waals surface area contributed by atoms with Crippen molar-refractivity contribution in [3.8, 4) is 0 Å². The first-order chi connectivity index (χ1) is 11.4. The summed E-state index contributed by atoms with van der Waals surface area (Å²) >= 11 is 0. The van der Waals surface area contributed by atoms with E-state index in [1.165, 1.54) is 11.0 Å². The summed E-state index contributed by atoms with van der Waals surface area (Å²) in [6.07, 6.45) is 3.17. The largest absolute Gasteiger partial charge is 0.433 e. The van der Waals surface area contributed by atoms with Gasteiger partial charge in [0.2, 0.25) is 5.91 Å². The molecule has 0 N–H and O–H groups in total. The number of hydrogen-bond acceptors (Lipinski definition) is 5. The van der Waals surface area contributed by atoms with Crippen LogP contribution in [0.1, 0.15) is 43.7 Å². The molecule has 8 nitrogen and oxygen atoms in total. The second kappa shape index (κ2) is 6.26. The minimum atomic E-state index is -0.682. The molecule has 0 radical (unpaired) electrons. The van der Waals surface area contributed by atoms with Gasteiger partial charge in [-0.15, -0.1) is 0 Å². The van der Waals surface area contributed by atoms with Gasteiger partial charge in [0.1, 0.15) is 4.92 Å². The highest BCUT2D eigenvalue weighted by atomic mass is 16.6. The molecule has 130 valence electrons. The molecule has 0 aliphatic carbocycles. The third-order valence-corrected chi connectivity index (χ3v) is 4.95. The maximum Gasteiger partial charge on any atom is 0.433 e. The van der Waals surface area contributed by atoms with Crippen LogP contribution in [0.2, 0.25) is 0 Å². The van der Waals surface area contributed by atoms with Gasteiger partial charge < -0.3 is 14.2 Å². The lowest BCUT2D eigenvalue weighted by Crippen LogP contribution is -2.59. The van der Waals surface area contributed by atoms with Crippen LogP contribution in [-0.4, -0.2) is 51.7 Å². The second-order valence-electron chi connectivity index (χ2n) is 6.68. The zero-order chi connectivity index (χ0) is 17.4. The molecule has 24 heavy (non-hydrogen) atoms. The number of carbonyl (C=O) groups excluding carboxylic acids is 2. The van der Waals surface area contributed by atoms with E-state index in [9.17, 15) is 19.7 Å². The van der Waals surface area contributed by atoms with E-state index in [0.29, 0.717) is 13.1 Å². The number of nitrogens with zero attached hydrogens (tertiary/aromatic N) is 3. The van der Waals surface area contributed by atoms with Crippen molar-refractivity contribution < 1.29 is 18.9 Å². The van der Waals surface area contributed by atoms with E-state index < -0.39 is 16.7 Å². The van der Waals surface area contributed by atoms with Crippen molar-refractivity contribution in [1.29, 1.82) is 0 Å². The fourth-order valence-corrected chi connectivity index (χ4v) is 3.56. The zero-order valence-electron chi connectivity index (χ0n) is 13.8. The molecular formula is C16H21N3O5. The lowest BCUT2D eigenvalue weighted by molar-refractivity contribution is -0.402. The van der Waals surface area contributed by atoms with Crippen molar-refractivity contribution in [3.05, 3.63) is 28.0 Å². The van der Waals surface area contributed by atoms with Crippen molar-refractivity contribution in [2.45, 2.75) is 45.2 Å². The average Bonchev–Trinajstić information content (AvgIpc) is 2.95. The summed E-state index contributed by atoms with van der Waals surface area (Å²) in [7, 11) is 0. The Kier molecular flexibility index (Phi) is 4.29. The molecule has 3 heterocycles. The molecular weight excluding hydrogens is 314 g/mol. The maximum absolute atomic E-state index is 12.7. The monoisotopic (exact) mass is 335 g/mol. The van der Waals surface area contributed by atoms with E-state index in [2.05, 4.69) is 13.8 Å². The number of furan rings is 1. The van der Waals surface area contributed by atoms with Gasteiger partial charge in [0.15, 0.2) is 5.76 Å². The average molecular weight is 335 g/mol. The van der Waals surface area contributed by atoms with Crippen LogP contribution in [0.4, 0.5) is 5.88 Å². The first-order valence-corrected chi connectivity index (χ1v) is 8.24. The topological polar surface area (TPSA) is 96.9 Å². The number of carbonyl (C=O) groups is 2. The predicted molar refractivity (Wildman–Crippen MR) is 84.4 cm³/mol. The molecule has 0 saturated carbocycles. The van der Waals surface area contributed by atoms with Gasteiger partial charge in [-0.05, 0) is 39.2 Å². The molecule has 0 bridgehead atoms. The molecule has 1 aromatic heterocycles. The van der Waals surface area contributed by atoms with E-state index in [0.717, 1.165) is 25.3 Å². The molecule has 2 aliphatic rings. The molecule has 3 rings (SSSR count). The Morgan fingerprint density at radius 1 is 1.21 bits per heavy atom. The maximum atomic E-state index is 12.7. The number of piperidine rings is 1. The number of amides is 2. The Hall–Kier alpha value is -2.38. The van der Waals surface area contributed by atoms with Crippen LogP contribution < -0.4 is 0 Å². The van der Waals surface area contributed by atoms with Gasteiger partial charge in [-0.2, -0.15) is 0 Å². The van der Waals surface area contributed by atoms with Crippen LogP contribution in [0, 0.1) is 16.0 Å². The van der Waals surface area contributed by atoms with E-state index in [4.69, 9.17) is 4.42 Å². The normalized spacial score (nSPS) is 24.6. The van der Waals surface area contributed by atoms with Gasteiger partial charge in [0.25, 0.3) is 5.91 Å². The Labute approximate surface area is 139 Å². The predicted octanol–water partition coefficient (Wildman–Crippen LogP) is 2.05. The summed E-state index contributed by atoms with van der Waals surface area (Å²) in [5.41, 5.74) is 0. The van der Waals surface area contributed by atoms with Crippen LogP contribution >= 0.6 is 0 Å². The van der Waals surface area contributed by atoms with Crippen molar-refractivity contribution in [2.75, 3.05) is 13.1 Å². The van der Waals surface area contributed by atoms with Gasteiger partial charge >= 0.3 is 5.88 Å². The highest BCUT2D eigenvalue weighted by Crippen LogP contribution is 2.28.